The molecule has 0 aromatic carbocycles. The molecule has 19 heavy (non-hydrogen) atoms. The first-order chi connectivity index (χ1) is 9.38. The van der Waals surface area contributed by atoms with E-state index in [0.29, 0.717) is 0 Å². The Kier molecular flexibility index (Phi) is 3.77. The van der Waals surface area contributed by atoms with Crippen molar-refractivity contribution in [2.75, 3.05) is 6.54 Å². The highest BCUT2D eigenvalue weighted by molar-refractivity contribution is 7.99. The van der Waals surface area contributed by atoms with Crippen LogP contribution in [0, 0.1) is 0 Å². The minimum absolute atomic E-state index is 0.803. The van der Waals surface area contributed by atoms with Gasteiger partial charge in [0.2, 0.25) is 0 Å². The van der Waals surface area contributed by atoms with Crippen LogP contribution >= 0.6 is 23.1 Å². The number of rotatable bonds is 5. The molecule has 0 aliphatic heterocycles. The van der Waals surface area contributed by atoms with Gasteiger partial charge in [-0.05, 0) is 18.3 Å². The van der Waals surface area contributed by atoms with Crippen molar-refractivity contribution in [1.29, 1.82) is 0 Å². The third-order valence-electron chi connectivity index (χ3n) is 2.61. The Bertz CT molecular complexity index is 661. The number of nitrogens with zero attached hydrogens (tertiary/aromatic N) is 4. The van der Waals surface area contributed by atoms with Gasteiger partial charge >= 0.3 is 0 Å². The van der Waals surface area contributed by atoms with E-state index in [1.54, 1.807) is 41.7 Å². The summed E-state index contributed by atoms with van der Waals surface area (Å²) in [5.74, 6) is 0. The SMILES string of the molecule is CCNCc1c(Sc2cnccn2)nc2sccn12. The van der Waals surface area contributed by atoms with Gasteiger partial charge < -0.3 is 5.32 Å². The molecule has 1 N–H and O–H groups in total. The zero-order chi connectivity index (χ0) is 13.1. The van der Waals surface area contributed by atoms with Gasteiger partial charge in [0.25, 0.3) is 0 Å². The Morgan fingerprint density at radius 2 is 2.37 bits per heavy atom. The predicted molar refractivity (Wildman–Crippen MR) is 76.6 cm³/mol. The van der Waals surface area contributed by atoms with Gasteiger partial charge in [0.05, 0.1) is 11.9 Å². The topological polar surface area (TPSA) is 55.1 Å². The van der Waals surface area contributed by atoms with E-state index in [1.807, 2.05) is 0 Å². The Balaban J connectivity index is 1.95. The zero-order valence-electron chi connectivity index (χ0n) is 10.4. The minimum Gasteiger partial charge on any atom is -0.311 e. The number of hydrogen-bond donors (Lipinski definition) is 1. The number of nitrogens with one attached hydrogen (secondary N) is 1. The van der Waals surface area contributed by atoms with Crippen LogP contribution in [0.3, 0.4) is 0 Å². The third kappa shape index (κ3) is 2.63. The van der Waals surface area contributed by atoms with Gasteiger partial charge in [0.1, 0.15) is 10.1 Å². The summed E-state index contributed by atoms with van der Waals surface area (Å²) in [5.41, 5.74) is 1.17. The van der Waals surface area contributed by atoms with Crippen LogP contribution in [0.25, 0.3) is 4.96 Å². The second kappa shape index (κ2) is 5.68. The van der Waals surface area contributed by atoms with E-state index in [-0.39, 0.29) is 0 Å². The molecule has 3 aromatic heterocycles. The maximum Gasteiger partial charge on any atom is 0.194 e. The van der Waals surface area contributed by atoms with E-state index in [1.165, 1.54) is 5.69 Å². The van der Waals surface area contributed by atoms with Crippen molar-refractivity contribution in [2.45, 2.75) is 23.5 Å². The monoisotopic (exact) mass is 291 g/mol. The molecule has 0 unspecified atom stereocenters. The molecule has 3 heterocycles. The van der Waals surface area contributed by atoms with E-state index >= 15 is 0 Å². The molecule has 98 valence electrons. The molecule has 0 aliphatic carbocycles. The van der Waals surface area contributed by atoms with E-state index in [2.05, 4.69) is 43.2 Å². The first kappa shape index (κ1) is 12.6. The smallest absolute Gasteiger partial charge is 0.194 e. The first-order valence-electron chi connectivity index (χ1n) is 5.97. The summed E-state index contributed by atoms with van der Waals surface area (Å²) in [6, 6.07) is 0. The summed E-state index contributed by atoms with van der Waals surface area (Å²) in [7, 11) is 0. The molecule has 0 saturated carbocycles. The number of imidazole rings is 1. The number of thiazole rings is 1. The van der Waals surface area contributed by atoms with E-state index in [4.69, 9.17) is 0 Å². The van der Waals surface area contributed by atoms with Gasteiger partial charge in [-0.25, -0.2) is 9.97 Å². The molecular formula is C12H13N5S2. The largest absolute Gasteiger partial charge is 0.311 e. The Morgan fingerprint density at radius 3 is 3.16 bits per heavy atom. The average Bonchev–Trinajstić information content (AvgIpc) is 2.99. The standard InChI is InChI=1S/C12H13N5S2/c1-2-13-7-9-11(16-12-17(9)5-6-18-12)19-10-8-14-3-4-15-10/h3-6,8,13H,2,7H2,1H3. The van der Waals surface area contributed by atoms with Crippen molar-refractivity contribution >= 4 is 28.1 Å². The Labute approximate surface area is 119 Å². The maximum absolute atomic E-state index is 4.66. The molecule has 0 spiro atoms. The van der Waals surface area contributed by atoms with Crippen molar-refractivity contribution in [1.82, 2.24) is 24.7 Å². The minimum atomic E-state index is 0.803. The van der Waals surface area contributed by atoms with Crippen LogP contribution < -0.4 is 5.32 Å². The molecule has 0 aliphatic rings. The summed E-state index contributed by atoms with van der Waals surface area (Å²) in [4.78, 5) is 14.0. The first-order valence-corrected chi connectivity index (χ1v) is 7.67. The van der Waals surface area contributed by atoms with Gasteiger partial charge in [-0.1, -0.05) is 6.92 Å². The lowest BCUT2D eigenvalue weighted by Gasteiger charge is -2.03. The molecule has 0 bridgehead atoms. The maximum atomic E-state index is 4.66. The quantitative estimate of drug-likeness (QED) is 0.782. The zero-order valence-corrected chi connectivity index (χ0v) is 12.0. The molecule has 5 nitrogen and oxygen atoms in total. The van der Waals surface area contributed by atoms with Gasteiger partial charge in [0.15, 0.2) is 4.96 Å². The van der Waals surface area contributed by atoms with Crippen molar-refractivity contribution in [2.24, 2.45) is 0 Å². The third-order valence-corrected chi connectivity index (χ3v) is 4.30. The fourth-order valence-corrected chi connectivity index (χ4v) is 3.37. The second-order valence-electron chi connectivity index (χ2n) is 3.85. The summed E-state index contributed by atoms with van der Waals surface area (Å²) >= 11 is 3.20. The molecule has 0 radical (unpaired) electrons. The summed E-state index contributed by atoms with van der Waals surface area (Å²) < 4.78 is 2.13. The number of aromatic nitrogens is 4. The van der Waals surface area contributed by atoms with Crippen molar-refractivity contribution in [3.63, 3.8) is 0 Å². The normalized spacial score (nSPS) is 11.2. The van der Waals surface area contributed by atoms with E-state index in [9.17, 15) is 0 Å². The van der Waals surface area contributed by atoms with Crippen molar-refractivity contribution in [3.05, 3.63) is 35.9 Å². The van der Waals surface area contributed by atoms with Crippen LogP contribution in [0.2, 0.25) is 0 Å². The lowest BCUT2D eigenvalue weighted by molar-refractivity contribution is 0.694. The van der Waals surface area contributed by atoms with Crippen LogP contribution in [0.1, 0.15) is 12.6 Å². The fourth-order valence-electron chi connectivity index (χ4n) is 1.74. The summed E-state index contributed by atoms with van der Waals surface area (Å²) in [6.45, 7) is 3.84. The van der Waals surface area contributed by atoms with Crippen LogP contribution in [0.15, 0.2) is 40.2 Å². The highest BCUT2D eigenvalue weighted by atomic mass is 32.2. The van der Waals surface area contributed by atoms with Crippen molar-refractivity contribution < 1.29 is 0 Å². The Hall–Kier alpha value is -1.44. The second-order valence-corrected chi connectivity index (χ2v) is 5.73. The highest BCUT2D eigenvalue weighted by Gasteiger charge is 2.14. The van der Waals surface area contributed by atoms with Gasteiger partial charge in [0, 0.05) is 30.5 Å². The van der Waals surface area contributed by atoms with Gasteiger partial charge in [-0.15, -0.1) is 11.3 Å². The summed E-state index contributed by atoms with van der Waals surface area (Å²) in [5, 5.41) is 7.26. The predicted octanol–water partition coefficient (Wildman–Crippen LogP) is 2.45. The van der Waals surface area contributed by atoms with E-state index < -0.39 is 0 Å². The molecule has 0 amide bonds. The van der Waals surface area contributed by atoms with Crippen LogP contribution in [0.5, 0.6) is 0 Å². The molecule has 7 heteroatoms. The van der Waals surface area contributed by atoms with Crippen LogP contribution in [-0.2, 0) is 6.54 Å². The van der Waals surface area contributed by atoms with Crippen LogP contribution in [-0.4, -0.2) is 25.9 Å². The highest BCUT2D eigenvalue weighted by Crippen LogP contribution is 2.30. The fraction of sp³-hybridized carbons (Fsp3) is 0.250. The lowest BCUT2D eigenvalue weighted by Crippen LogP contribution is -2.13. The van der Waals surface area contributed by atoms with Crippen LogP contribution in [0.4, 0.5) is 0 Å². The molecule has 0 saturated heterocycles. The number of hydrogen-bond acceptors (Lipinski definition) is 6. The molecular weight excluding hydrogens is 278 g/mol. The summed E-state index contributed by atoms with van der Waals surface area (Å²) in [6.07, 6.45) is 7.19. The van der Waals surface area contributed by atoms with Crippen molar-refractivity contribution in [3.8, 4) is 0 Å². The van der Waals surface area contributed by atoms with E-state index in [0.717, 1.165) is 28.1 Å². The average molecular weight is 291 g/mol. The number of fused-ring (bicyclic) bond motifs is 1. The molecule has 0 fully saturated rings. The Morgan fingerprint density at radius 1 is 1.42 bits per heavy atom. The van der Waals surface area contributed by atoms with Gasteiger partial charge in [-0.2, -0.15) is 0 Å². The molecule has 0 atom stereocenters. The van der Waals surface area contributed by atoms with Gasteiger partial charge in [-0.3, -0.25) is 9.38 Å². The molecule has 3 aromatic rings. The molecule has 3 rings (SSSR count). The lowest BCUT2D eigenvalue weighted by atomic mass is 10.4.